The van der Waals surface area contributed by atoms with E-state index in [0.717, 1.165) is 26.9 Å². The predicted octanol–water partition coefficient (Wildman–Crippen LogP) is 4.13. The molecule has 0 radical (unpaired) electrons. The molecule has 0 spiro atoms. The number of carbonyl (C=O) groups is 2. The number of anilines is 1. The third kappa shape index (κ3) is 2.83. The summed E-state index contributed by atoms with van der Waals surface area (Å²) < 4.78 is 0.989. The minimum atomic E-state index is 0.113. The van der Waals surface area contributed by atoms with Crippen LogP contribution in [0.15, 0.2) is 46.9 Å². The number of nitrogens with zero attached hydrogens (tertiary/aromatic N) is 1. The maximum absolute atomic E-state index is 12.2. The first-order chi connectivity index (χ1) is 10.6. The Bertz CT molecular complexity index is 737. The zero-order chi connectivity index (χ0) is 15.7. The Kier molecular flexibility index (Phi) is 4.12. The predicted molar refractivity (Wildman–Crippen MR) is 90.1 cm³/mol. The van der Waals surface area contributed by atoms with Crippen molar-refractivity contribution in [3.05, 3.63) is 63.6 Å². The van der Waals surface area contributed by atoms with Crippen molar-refractivity contribution in [1.29, 1.82) is 0 Å². The molecule has 112 valence electrons. The van der Waals surface area contributed by atoms with Crippen LogP contribution in [0.4, 0.5) is 5.69 Å². The summed E-state index contributed by atoms with van der Waals surface area (Å²) >= 11 is 3.44. The van der Waals surface area contributed by atoms with Gasteiger partial charge in [-0.2, -0.15) is 0 Å². The molecule has 22 heavy (non-hydrogen) atoms. The molecule has 0 saturated heterocycles. The van der Waals surface area contributed by atoms with Gasteiger partial charge in [-0.05, 0) is 29.3 Å². The average molecular weight is 358 g/mol. The summed E-state index contributed by atoms with van der Waals surface area (Å²) in [7, 11) is 0. The quantitative estimate of drug-likeness (QED) is 0.771. The third-order valence-corrected chi connectivity index (χ3v) is 4.41. The highest BCUT2D eigenvalue weighted by atomic mass is 79.9. The molecule has 0 fully saturated rings. The van der Waals surface area contributed by atoms with Crippen molar-refractivity contribution in [3.8, 4) is 0 Å². The average Bonchev–Trinajstić information content (AvgIpc) is 2.82. The van der Waals surface area contributed by atoms with Gasteiger partial charge in [-0.15, -0.1) is 0 Å². The first-order valence-corrected chi connectivity index (χ1v) is 8.08. The normalized spacial score (nSPS) is 13.4. The lowest BCUT2D eigenvalue weighted by molar-refractivity contribution is -0.117. The molecular formula is C18H16BrNO2. The van der Waals surface area contributed by atoms with E-state index in [4.69, 9.17) is 0 Å². The van der Waals surface area contributed by atoms with Crippen LogP contribution in [0.1, 0.15) is 34.8 Å². The smallest absolute Gasteiger partial charge is 0.231 e. The number of hydrogen-bond acceptors (Lipinski definition) is 2. The molecule has 0 atom stereocenters. The number of rotatable bonds is 4. The number of fused-ring (bicyclic) bond motifs is 1. The van der Waals surface area contributed by atoms with Gasteiger partial charge in [-0.25, -0.2) is 0 Å². The SMILES string of the molecule is CCC(=O)c1ccc(CN2C(=O)Cc3cc(Br)ccc32)cc1. The lowest BCUT2D eigenvalue weighted by Crippen LogP contribution is -2.25. The monoisotopic (exact) mass is 357 g/mol. The maximum Gasteiger partial charge on any atom is 0.231 e. The Hall–Kier alpha value is -1.94. The van der Waals surface area contributed by atoms with Crippen molar-refractivity contribution in [1.82, 2.24) is 0 Å². The number of halogens is 1. The van der Waals surface area contributed by atoms with Gasteiger partial charge in [0.25, 0.3) is 0 Å². The number of amides is 1. The zero-order valence-corrected chi connectivity index (χ0v) is 13.9. The third-order valence-electron chi connectivity index (χ3n) is 3.91. The molecule has 1 aliphatic heterocycles. The lowest BCUT2D eigenvalue weighted by atomic mass is 10.1. The molecule has 4 heteroatoms. The van der Waals surface area contributed by atoms with E-state index in [-0.39, 0.29) is 11.7 Å². The van der Waals surface area contributed by atoms with E-state index < -0.39 is 0 Å². The number of Topliss-reactive ketones (excluding diaryl/α,β-unsaturated/α-hetero) is 1. The van der Waals surface area contributed by atoms with Crippen molar-refractivity contribution in [3.63, 3.8) is 0 Å². The molecule has 3 nitrogen and oxygen atoms in total. The number of carbonyl (C=O) groups excluding carboxylic acids is 2. The van der Waals surface area contributed by atoms with Gasteiger partial charge in [0.05, 0.1) is 13.0 Å². The number of hydrogen-bond donors (Lipinski definition) is 0. The van der Waals surface area contributed by atoms with E-state index in [9.17, 15) is 9.59 Å². The van der Waals surface area contributed by atoms with Gasteiger partial charge in [-0.1, -0.05) is 47.1 Å². The van der Waals surface area contributed by atoms with Gasteiger partial charge >= 0.3 is 0 Å². The molecule has 0 N–H and O–H groups in total. The number of benzene rings is 2. The molecule has 1 heterocycles. The standard InChI is InChI=1S/C18H16BrNO2/c1-2-17(21)13-5-3-12(4-6-13)11-20-16-8-7-15(19)9-14(16)10-18(20)22/h3-9H,2,10-11H2,1H3. The van der Waals surface area contributed by atoms with Crippen molar-refractivity contribution in [2.24, 2.45) is 0 Å². The van der Waals surface area contributed by atoms with Gasteiger partial charge in [0.2, 0.25) is 5.91 Å². The Morgan fingerprint density at radius 3 is 2.59 bits per heavy atom. The summed E-state index contributed by atoms with van der Waals surface area (Å²) in [4.78, 5) is 25.7. The van der Waals surface area contributed by atoms with E-state index in [1.165, 1.54) is 0 Å². The second-order valence-corrected chi connectivity index (χ2v) is 6.32. The molecule has 0 bridgehead atoms. The van der Waals surface area contributed by atoms with Crippen LogP contribution in [0.5, 0.6) is 0 Å². The van der Waals surface area contributed by atoms with E-state index in [0.29, 0.717) is 19.4 Å². The van der Waals surface area contributed by atoms with Crippen molar-refractivity contribution in [2.45, 2.75) is 26.3 Å². The van der Waals surface area contributed by atoms with E-state index in [2.05, 4.69) is 15.9 Å². The van der Waals surface area contributed by atoms with Gasteiger partial charge < -0.3 is 4.90 Å². The summed E-state index contributed by atoms with van der Waals surface area (Å²) in [5.74, 6) is 0.251. The van der Waals surface area contributed by atoms with Crippen LogP contribution >= 0.6 is 15.9 Å². The molecule has 0 unspecified atom stereocenters. The van der Waals surface area contributed by atoms with Crippen molar-refractivity contribution in [2.75, 3.05) is 4.90 Å². The Morgan fingerprint density at radius 2 is 1.91 bits per heavy atom. The van der Waals surface area contributed by atoms with Crippen LogP contribution in [0, 0.1) is 0 Å². The van der Waals surface area contributed by atoms with Crippen molar-refractivity contribution < 1.29 is 9.59 Å². The Labute approximate surface area is 138 Å². The molecule has 0 saturated carbocycles. The van der Waals surface area contributed by atoms with Crippen LogP contribution in [-0.4, -0.2) is 11.7 Å². The van der Waals surface area contributed by atoms with Crippen molar-refractivity contribution >= 4 is 33.3 Å². The van der Waals surface area contributed by atoms with Gasteiger partial charge in [0.1, 0.15) is 0 Å². The first kappa shape index (κ1) is 15.0. The number of ketones is 1. The largest absolute Gasteiger partial charge is 0.307 e. The zero-order valence-electron chi connectivity index (χ0n) is 12.3. The summed E-state index contributed by atoms with van der Waals surface area (Å²) in [6, 6.07) is 13.4. The minimum absolute atomic E-state index is 0.113. The summed E-state index contributed by atoms with van der Waals surface area (Å²) in [5.41, 5.74) is 3.78. The molecule has 3 rings (SSSR count). The van der Waals surface area contributed by atoms with E-state index in [1.54, 1.807) is 4.90 Å². The van der Waals surface area contributed by atoms with Gasteiger partial charge in [0.15, 0.2) is 5.78 Å². The van der Waals surface area contributed by atoms with Crippen LogP contribution < -0.4 is 4.90 Å². The van der Waals surface area contributed by atoms with Gasteiger partial charge in [0, 0.05) is 22.1 Å². The molecule has 1 aliphatic rings. The second kappa shape index (κ2) is 6.05. The topological polar surface area (TPSA) is 37.4 Å². The van der Waals surface area contributed by atoms with E-state index in [1.807, 2.05) is 49.4 Å². The van der Waals surface area contributed by atoms with E-state index >= 15 is 0 Å². The molecule has 1 amide bonds. The molecule has 0 aromatic heterocycles. The highest BCUT2D eigenvalue weighted by Crippen LogP contribution is 2.32. The summed E-state index contributed by atoms with van der Waals surface area (Å²) in [6.07, 6.45) is 0.952. The molecule has 2 aromatic rings. The van der Waals surface area contributed by atoms with Crippen LogP contribution in [0.3, 0.4) is 0 Å². The molecule has 0 aliphatic carbocycles. The second-order valence-electron chi connectivity index (χ2n) is 5.40. The lowest BCUT2D eigenvalue weighted by Gasteiger charge is -2.17. The first-order valence-electron chi connectivity index (χ1n) is 7.29. The fourth-order valence-electron chi connectivity index (χ4n) is 2.71. The summed E-state index contributed by atoms with van der Waals surface area (Å²) in [6.45, 7) is 2.39. The highest BCUT2D eigenvalue weighted by molar-refractivity contribution is 9.10. The fourth-order valence-corrected chi connectivity index (χ4v) is 3.12. The molecular weight excluding hydrogens is 342 g/mol. The molecule has 2 aromatic carbocycles. The Balaban J connectivity index is 1.82. The fraction of sp³-hybridized carbons (Fsp3) is 0.222. The van der Waals surface area contributed by atoms with Crippen LogP contribution in [-0.2, 0) is 17.8 Å². The highest BCUT2D eigenvalue weighted by Gasteiger charge is 2.27. The van der Waals surface area contributed by atoms with Crippen LogP contribution in [0.25, 0.3) is 0 Å². The Morgan fingerprint density at radius 1 is 1.18 bits per heavy atom. The summed E-state index contributed by atoms with van der Waals surface area (Å²) in [5, 5.41) is 0. The van der Waals surface area contributed by atoms with Crippen LogP contribution in [0.2, 0.25) is 0 Å². The van der Waals surface area contributed by atoms with Gasteiger partial charge in [-0.3, -0.25) is 9.59 Å². The maximum atomic E-state index is 12.2. The minimum Gasteiger partial charge on any atom is -0.307 e.